The van der Waals surface area contributed by atoms with E-state index in [9.17, 15) is 0 Å². The third-order valence-electron chi connectivity index (χ3n) is 1.80. The van der Waals surface area contributed by atoms with Gasteiger partial charge in [-0.25, -0.2) is 4.99 Å². The van der Waals surface area contributed by atoms with Crippen LogP contribution >= 0.6 is 27.7 Å². The molecule has 0 amide bonds. The van der Waals surface area contributed by atoms with Crippen LogP contribution in [-0.2, 0) is 0 Å². The van der Waals surface area contributed by atoms with Gasteiger partial charge < -0.3 is 0 Å². The minimum Gasteiger partial charge on any atom is -0.246 e. The maximum Gasteiger partial charge on any atom is 0.108 e. The zero-order valence-corrected chi connectivity index (χ0v) is 10.9. The van der Waals surface area contributed by atoms with Crippen LogP contribution in [0.3, 0.4) is 0 Å². The molecule has 0 fully saturated rings. The highest BCUT2D eigenvalue weighted by molar-refractivity contribution is 9.14. The molecule has 0 bridgehead atoms. The highest BCUT2D eigenvalue weighted by Crippen LogP contribution is 2.36. The Balaban J connectivity index is 2.87. The number of aliphatic imine (C=N–C) groups is 1. The van der Waals surface area contributed by atoms with Gasteiger partial charge in [0.1, 0.15) is 5.04 Å². The molecule has 0 aromatic carbocycles. The molecule has 0 aromatic rings. The molecule has 3 heteroatoms. The largest absolute Gasteiger partial charge is 0.246 e. The molecule has 0 saturated heterocycles. The van der Waals surface area contributed by atoms with Crippen molar-refractivity contribution in [3.63, 3.8) is 0 Å². The van der Waals surface area contributed by atoms with Crippen molar-refractivity contribution in [1.82, 2.24) is 0 Å². The van der Waals surface area contributed by atoms with Crippen molar-refractivity contribution in [2.75, 3.05) is 0 Å². The Morgan fingerprint density at radius 2 is 2.36 bits per heavy atom. The van der Waals surface area contributed by atoms with E-state index in [0.717, 1.165) is 27.4 Å². The molecule has 76 valence electrons. The van der Waals surface area contributed by atoms with Crippen LogP contribution in [0.1, 0.15) is 26.7 Å². The summed E-state index contributed by atoms with van der Waals surface area (Å²) in [5.74, 6) is 0. The lowest BCUT2D eigenvalue weighted by atomic mass is 10.2. The molecule has 0 N–H and O–H groups in total. The summed E-state index contributed by atoms with van der Waals surface area (Å²) >= 11 is 5.13. The van der Waals surface area contributed by atoms with Crippen LogP contribution in [0.2, 0.25) is 0 Å². The number of nitrogens with zero attached hydrogens (tertiary/aromatic N) is 1. The van der Waals surface area contributed by atoms with Gasteiger partial charge in [0, 0.05) is 11.3 Å². The average molecular weight is 272 g/mol. The van der Waals surface area contributed by atoms with E-state index in [0.29, 0.717) is 0 Å². The molecule has 14 heavy (non-hydrogen) atoms. The van der Waals surface area contributed by atoms with Crippen LogP contribution < -0.4 is 0 Å². The monoisotopic (exact) mass is 271 g/mol. The standard InChI is InChI=1S/C11H14BrNS/c1-4-6-9-7-10(12)14-11(9)13-8(3)5-2/h6-7H,3-5H2,1-2H3/b9-6-,13-11?. The average Bonchev–Trinajstić information content (AvgIpc) is 2.47. The molecular weight excluding hydrogens is 258 g/mol. The van der Waals surface area contributed by atoms with Gasteiger partial charge in [0.2, 0.25) is 0 Å². The lowest BCUT2D eigenvalue weighted by Crippen LogP contribution is -1.90. The summed E-state index contributed by atoms with van der Waals surface area (Å²) in [5.41, 5.74) is 2.14. The Morgan fingerprint density at radius 1 is 1.64 bits per heavy atom. The summed E-state index contributed by atoms with van der Waals surface area (Å²) in [6.07, 6.45) is 6.23. The van der Waals surface area contributed by atoms with Crippen LogP contribution in [0.5, 0.6) is 0 Å². The molecule has 0 aromatic heterocycles. The molecule has 1 aliphatic rings. The van der Waals surface area contributed by atoms with Gasteiger partial charge in [0.25, 0.3) is 0 Å². The van der Waals surface area contributed by atoms with E-state index in [1.54, 1.807) is 11.8 Å². The van der Waals surface area contributed by atoms with Crippen molar-refractivity contribution in [2.24, 2.45) is 4.99 Å². The zero-order valence-electron chi connectivity index (χ0n) is 8.51. The summed E-state index contributed by atoms with van der Waals surface area (Å²) in [4.78, 5) is 4.48. The number of thioether (sulfide) groups is 1. The molecule has 0 radical (unpaired) electrons. The normalized spacial score (nSPS) is 21.8. The number of allylic oxidation sites excluding steroid dienone is 3. The van der Waals surface area contributed by atoms with Crippen molar-refractivity contribution < 1.29 is 0 Å². The summed E-state index contributed by atoms with van der Waals surface area (Å²) in [6, 6.07) is 0. The number of hydrogen-bond acceptors (Lipinski definition) is 2. The van der Waals surface area contributed by atoms with Gasteiger partial charge in [-0.15, -0.1) is 0 Å². The second-order valence-electron chi connectivity index (χ2n) is 2.95. The maximum absolute atomic E-state index is 4.48. The predicted octanol–water partition coefficient (Wildman–Crippen LogP) is 4.63. The molecule has 0 atom stereocenters. The first-order valence-corrected chi connectivity index (χ1v) is 6.30. The van der Waals surface area contributed by atoms with E-state index >= 15 is 0 Å². The van der Waals surface area contributed by atoms with Crippen LogP contribution in [0.15, 0.2) is 38.8 Å². The SMILES string of the molecule is C=C(CC)N=C1SC(Br)=C/C1=C/CC. The van der Waals surface area contributed by atoms with Gasteiger partial charge in [0.05, 0.1) is 3.81 Å². The first-order chi connectivity index (χ1) is 6.67. The molecule has 1 heterocycles. The Labute approximate surface area is 98.2 Å². The molecule has 0 unspecified atom stereocenters. The van der Waals surface area contributed by atoms with E-state index in [1.807, 2.05) is 0 Å². The summed E-state index contributed by atoms with van der Waals surface area (Å²) in [7, 11) is 0. The second kappa shape index (κ2) is 5.56. The van der Waals surface area contributed by atoms with Gasteiger partial charge in [-0.1, -0.05) is 38.3 Å². The van der Waals surface area contributed by atoms with E-state index in [2.05, 4.69) is 53.5 Å². The molecule has 1 rings (SSSR count). The van der Waals surface area contributed by atoms with Crippen LogP contribution in [0.4, 0.5) is 0 Å². The Morgan fingerprint density at radius 3 is 2.93 bits per heavy atom. The smallest absolute Gasteiger partial charge is 0.108 e. The van der Waals surface area contributed by atoms with Crippen LogP contribution in [0.25, 0.3) is 0 Å². The third-order valence-corrected chi connectivity index (χ3v) is 3.35. The Bertz CT molecular complexity index is 326. The zero-order chi connectivity index (χ0) is 10.6. The Hall–Kier alpha value is -0.280. The second-order valence-corrected chi connectivity index (χ2v) is 5.36. The topological polar surface area (TPSA) is 12.4 Å². The van der Waals surface area contributed by atoms with Gasteiger partial charge in [-0.3, -0.25) is 0 Å². The van der Waals surface area contributed by atoms with E-state index < -0.39 is 0 Å². The van der Waals surface area contributed by atoms with E-state index in [4.69, 9.17) is 0 Å². The maximum atomic E-state index is 4.48. The molecule has 1 aliphatic heterocycles. The van der Waals surface area contributed by atoms with Gasteiger partial charge in [-0.2, -0.15) is 0 Å². The van der Waals surface area contributed by atoms with Gasteiger partial charge in [0.15, 0.2) is 0 Å². The number of halogens is 1. The fourth-order valence-electron chi connectivity index (χ4n) is 1.04. The third kappa shape index (κ3) is 3.14. The molecule has 0 spiro atoms. The first-order valence-electron chi connectivity index (χ1n) is 4.69. The molecule has 1 nitrogen and oxygen atoms in total. The summed E-state index contributed by atoms with van der Waals surface area (Å²) in [5, 5.41) is 1.06. The van der Waals surface area contributed by atoms with E-state index in [-0.39, 0.29) is 0 Å². The highest BCUT2D eigenvalue weighted by Gasteiger charge is 2.15. The van der Waals surface area contributed by atoms with Crippen molar-refractivity contribution in [3.05, 3.63) is 33.8 Å². The summed E-state index contributed by atoms with van der Waals surface area (Å²) in [6.45, 7) is 8.09. The molecular formula is C11H14BrNS. The lowest BCUT2D eigenvalue weighted by molar-refractivity contribution is 1.08. The van der Waals surface area contributed by atoms with Crippen LogP contribution in [-0.4, -0.2) is 5.04 Å². The number of rotatable bonds is 3. The Kier molecular flexibility index (Phi) is 4.69. The van der Waals surface area contributed by atoms with Crippen molar-refractivity contribution >= 4 is 32.7 Å². The summed E-state index contributed by atoms with van der Waals surface area (Å²) < 4.78 is 1.12. The predicted molar refractivity (Wildman–Crippen MR) is 69.8 cm³/mol. The number of hydrogen-bond donors (Lipinski definition) is 0. The van der Waals surface area contributed by atoms with Gasteiger partial charge >= 0.3 is 0 Å². The first kappa shape index (κ1) is 11.8. The van der Waals surface area contributed by atoms with Gasteiger partial charge in [-0.05, 0) is 34.8 Å². The molecule has 0 saturated carbocycles. The molecule has 0 aliphatic carbocycles. The van der Waals surface area contributed by atoms with Crippen molar-refractivity contribution in [2.45, 2.75) is 26.7 Å². The lowest BCUT2D eigenvalue weighted by Gasteiger charge is -1.99. The van der Waals surface area contributed by atoms with Crippen molar-refractivity contribution in [1.29, 1.82) is 0 Å². The minimum atomic E-state index is 0.904. The quantitative estimate of drug-likeness (QED) is 0.729. The highest BCUT2D eigenvalue weighted by atomic mass is 79.9. The van der Waals surface area contributed by atoms with Crippen molar-refractivity contribution in [3.8, 4) is 0 Å². The minimum absolute atomic E-state index is 0.904. The fraction of sp³-hybridized carbons (Fsp3) is 0.364. The fourth-order valence-corrected chi connectivity index (χ4v) is 2.55. The van der Waals surface area contributed by atoms with E-state index in [1.165, 1.54) is 5.57 Å². The van der Waals surface area contributed by atoms with Crippen LogP contribution in [0, 0.1) is 0 Å².